The van der Waals surface area contributed by atoms with E-state index in [1.165, 1.54) is 18.2 Å². The minimum Gasteiger partial charge on any atom is -0.324 e. The monoisotopic (exact) mass is 275 g/mol. The Kier molecular flexibility index (Phi) is 6.37. The summed E-state index contributed by atoms with van der Waals surface area (Å²) in [5.74, 6) is 0.847. The standard InChI is InChI=1S/C12H15ClFNOS/c1-2-3-6-17-8-12(16)15-11-5-4-9(14)7-10(11)13/h4-5,7H,2-3,6,8H2,1H3,(H,15,16). The molecule has 1 aromatic carbocycles. The van der Waals surface area contributed by atoms with Gasteiger partial charge in [-0.1, -0.05) is 24.9 Å². The maximum atomic E-state index is 12.8. The lowest BCUT2D eigenvalue weighted by atomic mass is 10.3. The minimum atomic E-state index is -0.412. The van der Waals surface area contributed by atoms with Gasteiger partial charge in [-0.2, -0.15) is 11.8 Å². The van der Waals surface area contributed by atoms with Crippen molar-refractivity contribution in [2.45, 2.75) is 19.8 Å². The van der Waals surface area contributed by atoms with Gasteiger partial charge in [0, 0.05) is 0 Å². The van der Waals surface area contributed by atoms with Crippen LogP contribution in [0.3, 0.4) is 0 Å². The number of unbranched alkanes of at least 4 members (excludes halogenated alkanes) is 1. The number of carbonyl (C=O) groups is 1. The van der Waals surface area contributed by atoms with Crippen molar-refractivity contribution < 1.29 is 9.18 Å². The number of nitrogens with one attached hydrogen (secondary N) is 1. The average Bonchev–Trinajstić information content (AvgIpc) is 2.28. The molecule has 0 unspecified atom stereocenters. The van der Waals surface area contributed by atoms with Crippen LogP contribution >= 0.6 is 23.4 Å². The maximum Gasteiger partial charge on any atom is 0.234 e. The molecule has 94 valence electrons. The molecule has 1 aromatic rings. The summed E-state index contributed by atoms with van der Waals surface area (Å²) in [7, 11) is 0. The fourth-order valence-corrected chi connectivity index (χ4v) is 2.30. The number of amides is 1. The lowest BCUT2D eigenvalue weighted by molar-refractivity contribution is -0.113. The molecule has 0 aliphatic heterocycles. The van der Waals surface area contributed by atoms with E-state index in [2.05, 4.69) is 12.2 Å². The summed E-state index contributed by atoms with van der Waals surface area (Å²) in [5, 5.41) is 2.88. The molecule has 0 aliphatic rings. The van der Waals surface area contributed by atoms with E-state index in [0.29, 0.717) is 11.4 Å². The van der Waals surface area contributed by atoms with E-state index in [4.69, 9.17) is 11.6 Å². The molecule has 0 heterocycles. The second kappa shape index (κ2) is 7.56. The highest BCUT2D eigenvalue weighted by Gasteiger charge is 2.06. The molecule has 0 atom stereocenters. The first-order valence-corrected chi connectivity index (χ1v) is 6.99. The van der Waals surface area contributed by atoms with Crippen molar-refractivity contribution in [3.05, 3.63) is 29.0 Å². The Labute approximate surface area is 110 Å². The van der Waals surface area contributed by atoms with Crippen molar-refractivity contribution in [1.82, 2.24) is 0 Å². The van der Waals surface area contributed by atoms with Gasteiger partial charge < -0.3 is 5.32 Å². The molecule has 1 amide bonds. The third-order valence-electron chi connectivity index (χ3n) is 2.08. The topological polar surface area (TPSA) is 29.1 Å². The largest absolute Gasteiger partial charge is 0.324 e. The first-order valence-electron chi connectivity index (χ1n) is 5.46. The first-order chi connectivity index (χ1) is 8.13. The minimum absolute atomic E-state index is 0.111. The first kappa shape index (κ1) is 14.3. The molecule has 1 rings (SSSR count). The Balaban J connectivity index is 2.40. The zero-order valence-electron chi connectivity index (χ0n) is 9.63. The summed E-state index contributed by atoms with van der Waals surface area (Å²) in [5.41, 5.74) is 0.453. The van der Waals surface area contributed by atoms with Gasteiger partial charge in [0.15, 0.2) is 0 Å². The summed E-state index contributed by atoms with van der Waals surface area (Å²) in [6.07, 6.45) is 2.23. The summed E-state index contributed by atoms with van der Waals surface area (Å²) >= 11 is 7.38. The van der Waals surface area contributed by atoms with Gasteiger partial charge in [-0.15, -0.1) is 0 Å². The fraction of sp³-hybridized carbons (Fsp3) is 0.417. The van der Waals surface area contributed by atoms with Crippen molar-refractivity contribution in [2.24, 2.45) is 0 Å². The lowest BCUT2D eigenvalue weighted by Gasteiger charge is -2.06. The van der Waals surface area contributed by atoms with Crippen LogP contribution in [0, 0.1) is 5.82 Å². The van der Waals surface area contributed by atoms with Crippen LogP contribution in [0.25, 0.3) is 0 Å². The molecular weight excluding hydrogens is 261 g/mol. The van der Waals surface area contributed by atoms with E-state index in [1.807, 2.05) is 0 Å². The van der Waals surface area contributed by atoms with E-state index < -0.39 is 5.82 Å². The second-order valence-electron chi connectivity index (χ2n) is 3.58. The Morgan fingerprint density at radius 1 is 1.53 bits per heavy atom. The summed E-state index contributed by atoms with van der Waals surface area (Å²) in [4.78, 5) is 11.5. The van der Waals surface area contributed by atoms with E-state index in [0.717, 1.165) is 18.6 Å². The number of rotatable bonds is 6. The predicted molar refractivity (Wildman–Crippen MR) is 72.3 cm³/mol. The Morgan fingerprint density at radius 3 is 2.94 bits per heavy atom. The normalized spacial score (nSPS) is 10.3. The Morgan fingerprint density at radius 2 is 2.29 bits per heavy atom. The van der Waals surface area contributed by atoms with E-state index in [-0.39, 0.29) is 10.9 Å². The van der Waals surface area contributed by atoms with Crippen LogP contribution in [0.4, 0.5) is 10.1 Å². The quantitative estimate of drug-likeness (QED) is 0.797. The molecule has 17 heavy (non-hydrogen) atoms. The van der Waals surface area contributed by atoms with Gasteiger partial charge in [0.2, 0.25) is 5.91 Å². The number of hydrogen-bond donors (Lipinski definition) is 1. The Hall–Kier alpha value is -0.740. The lowest BCUT2D eigenvalue weighted by Crippen LogP contribution is -2.14. The van der Waals surface area contributed by atoms with Crippen molar-refractivity contribution in [2.75, 3.05) is 16.8 Å². The van der Waals surface area contributed by atoms with Crippen LogP contribution in [-0.4, -0.2) is 17.4 Å². The third kappa shape index (κ3) is 5.41. The van der Waals surface area contributed by atoms with E-state index >= 15 is 0 Å². The van der Waals surface area contributed by atoms with Gasteiger partial charge in [-0.3, -0.25) is 4.79 Å². The molecule has 0 saturated carbocycles. The third-order valence-corrected chi connectivity index (χ3v) is 3.44. The molecule has 0 aliphatic carbocycles. The van der Waals surface area contributed by atoms with Crippen LogP contribution < -0.4 is 5.32 Å². The molecule has 5 heteroatoms. The molecule has 0 spiro atoms. The maximum absolute atomic E-state index is 12.8. The zero-order chi connectivity index (χ0) is 12.7. The van der Waals surface area contributed by atoms with Crippen LogP contribution in [0.1, 0.15) is 19.8 Å². The smallest absolute Gasteiger partial charge is 0.234 e. The van der Waals surface area contributed by atoms with Gasteiger partial charge in [-0.05, 0) is 30.4 Å². The summed E-state index contributed by atoms with van der Waals surface area (Å²) in [6.45, 7) is 2.11. The number of carbonyl (C=O) groups excluding carboxylic acids is 1. The number of benzene rings is 1. The molecule has 2 nitrogen and oxygen atoms in total. The highest BCUT2D eigenvalue weighted by Crippen LogP contribution is 2.22. The number of hydrogen-bond acceptors (Lipinski definition) is 2. The van der Waals surface area contributed by atoms with Crippen molar-refractivity contribution >= 4 is 35.0 Å². The van der Waals surface area contributed by atoms with Crippen molar-refractivity contribution in [3.8, 4) is 0 Å². The molecule has 1 N–H and O–H groups in total. The molecule has 0 bridgehead atoms. The van der Waals surface area contributed by atoms with E-state index in [9.17, 15) is 9.18 Å². The average molecular weight is 276 g/mol. The fourth-order valence-electron chi connectivity index (χ4n) is 1.19. The molecule has 0 saturated heterocycles. The van der Waals surface area contributed by atoms with Crippen molar-refractivity contribution in [1.29, 1.82) is 0 Å². The Bertz CT molecular complexity index is 387. The van der Waals surface area contributed by atoms with Crippen LogP contribution in [0.5, 0.6) is 0 Å². The molecular formula is C12H15ClFNOS. The van der Waals surface area contributed by atoms with Gasteiger partial charge in [0.1, 0.15) is 5.82 Å². The summed E-state index contributed by atoms with van der Waals surface area (Å²) < 4.78 is 12.8. The predicted octanol–water partition coefficient (Wildman–Crippen LogP) is 3.95. The number of anilines is 1. The number of halogens is 2. The van der Waals surface area contributed by atoms with Crippen molar-refractivity contribution in [3.63, 3.8) is 0 Å². The van der Waals surface area contributed by atoms with Crippen LogP contribution in [0.2, 0.25) is 5.02 Å². The van der Waals surface area contributed by atoms with Crippen LogP contribution in [-0.2, 0) is 4.79 Å². The summed E-state index contributed by atoms with van der Waals surface area (Å²) in [6, 6.07) is 3.92. The van der Waals surface area contributed by atoms with Crippen LogP contribution in [0.15, 0.2) is 18.2 Å². The second-order valence-corrected chi connectivity index (χ2v) is 5.09. The molecule has 0 radical (unpaired) electrons. The molecule has 0 aromatic heterocycles. The van der Waals surface area contributed by atoms with E-state index in [1.54, 1.807) is 11.8 Å². The number of thioether (sulfide) groups is 1. The highest BCUT2D eigenvalue weighted by molar-refractivity contribution is 7.99. The highest BCUT2D eigenvalue weighted by atomic mass is 35.5. The van der Waals surface area contributed by atoms with Gasteiger partial charge in [-0.25, -0.2) is 4.39 Å². The van der Waals surface area contributed by atoms with Gasteiger partial charge in [0.05, 0.1) is 16.5 Å². The SMILES string of the molecule is CCCCSCC(=O)Nc1ccc(F)cc1Cl. The van der Waals surface area contributed by atoms with Gasteiger partial charge >= 0.3 is 0 Å². The molecule has 0 fully saturated rings. The van der Waals surface area contributed by atoms with Gasteiger partial charge in [0.25, 0.3) is 0 Å². The zero-order valence-corrected chi connectivity index (χ0v) is 11.2.